The number of hydrogen-bond acceptors (Lipinski definition) is 4. The van der Waals surface area contributed by atoms with Crippen molar-refractivity contribution in [1.82, 2.24) is 0 Å². The Labute approximate surface area is 145 Å². The summed E-state index contributed by atoms with van der Waals surface area (Å²) in [6.07, 6.45) is 9.22. The second-order valence-electron chi connectivity index (χ2n) is 6.19. The van der Waals surface area contributed by atoms with E-state index in [4.69, 9.17) is 14.3 Å². The van der Waals surface area contributed by atoms with E-state index < -0.39 is 21.7 Å². The van der Waals surface area contributed by atoms with Gasteiger partial charge in [0.25, 0.3) is 0 Å². The van der Waals surface area contributed by atoms with Gasteiger partial charge in [-0.25, -0.2) is 9.13 Å². The minimum absolute atomic E-state index is 0.339. The molecular formula is C15H32O7P2. The van der Waals surface area contributed by atoms with Gasteiger partial charge in [-0.3, -0.25) is 4.52 Å². The molecule has 3 N–H and O–H groups in total. The van der Waals surface area contributed by atoms with E-state index in [0.29, 0.717) is 12.8 Å². The van der Waals surface area contributed by atoms with Crippen LogP contribution in [0.4, 0.5) is 0 Å². The van der Waals surface area contributed by atoms with Gasteiger partial charge in [0.15, 0.2) is 0 Å². The van der Waals surface area contributed by atoms with E-state index in [-0.39, 0.29) is 0 Å². The maximum Gasteiger partial charge on any atom is 0.481 e. The lowest BCUT2D eigenvalue weighted by Gasteiger charge is -2.21. The highest BCUT2D eigenvalue weighted by atomic mass is 31.3. The third-order valence-electron chi connectivity index (χ3n) is 3.45. The SMILES string of the molecule is C=C(C)CC(CCCCCCCCCC)OP(=O)(O)OP(=O)(O)O. The average molecular weight is 386 g/mol. The van der Waals surface area contributed by atoms with Crippen molar-refractivity contribution in [2.45, 2.75) is 84.2 Å². The molecule has 2 unspecified atom stereocenters. The van der Waals surface area contributed by atoms with Crippen molar-refractivity contribution >= 4 is 15.6 Å². The lowest BCUT2D eigenvalue weighted by molar-refractivity contribution is 0.119. The zero-order valence-corrected chi connectivity index (χ0v) is 16.5. The van der Waals surface area contributed by atoms with Crippen LogP contribution >= 0.6 is 15.6 Å². The van der Waals surface area contributed by atoms with E-state index >= 15 is 0 Å². The van der Waals surface area contributed by atoms with Crippen LogP contribution in [0.15, 0.2) is 12.2 Å². The molecule has 7 nitrogen and oxygen atoms in total. The van der Waals surface area contributed by atoms with Crippen molar-refractivity contribution < 1.29 is 32.6 Å². The zero-order chi connectivity index (χ0) is 18.6. The van der Waals surface area contributed by atoms with E-state index in [2.05, 4.69) is 17.8 Å². The predicted octanol–water partition coefficient (Wildman–Crippen LogP) is 5.08. The molecule has 0 rings (SSSR count). The monoisotopic (exact) mass is 386 g/mol. The van der Waals surface area contributed by atoms with Crippen LogP contribution in [0.3, 0.4) is 0 Å². The quantitative estimate of drug-likeness (QED) is 0.204. The molecule has 0 saturated heterocycles. The van der Waals surface area contributed by atoms with Gasteiger partial charge in [-0.05, 0) is 19.8 Å². The van der Waals surface area contributed by atoms with Gasteiger partial charge in [-0.2, -0.15) is 4.31 Å². The van der Waals surface area contributed by atoms with Gasteiger partial charge in [-0.1, -0.05) is 63.9 Å². The summed E-state index contributed by atoms with van der Waals surface area (Å²) in [6.45, 7) is 7.68. The van der Waals surface area contributed by atoms with Crippen molar-refractivity contribution in [3.63, 3.8) is 0 Å². The van der Waals surface area contributed by atoms with Gasteiger partial charge in [0.2, 0.25) is 0 Å². The third kappa shape index (κ3) is 15.5. The minimum atomic E-state index is -5.09. The Bertz CT molecular complexity index is 447. The average Bonchev–Trinajstić information content (AvgIpc) is 2.37. The molecule has 0 saturated carbocycles. The van der Waals surface area contributed by atoms with Crippen LogP contribution in [-0.4, -0.2) is 20.8 Å². The molecule has 0 aliphatic rings. The molecule has 0 radical (unpaired) electrons. The summed E-state index contributed by atoms with van der Waals surface area (Å²) in [4.78, 5) is 26.7. The molecule has 0 spiro atoms. The summed E-state index contributed by atoms with van der Waals surface area (Å²) < 4.78 is 31.1. The summed E-state index contributed by atoms with van der Waals surface area (Å²) in [5.41, 5.74) is 0.760. The molecule has 0 aromatic heterocycles. The standard InChI is InChI=1S/C15H32O7P2/c1-4-5-6-7-8-9-10-11-12-15(13-14(2)3)21-24(19,20)22-23(16,17)18/h15H,2,4-13H2,1,3H3,(H,19,20)(H2,16,17,18). The number of phosphoric ester groups is 1. The van der Waals surface area contributed by atoms with Crippen LogP contribution in [0.2, 0.25) is 0 Å². The van der Waals surface area contributed by atoms with Crippen molar-refractivity contribution in [2.24, 2.45) is 0 Å². The molecule has 0 heterocycles. The van der Waals surface area contributed by atoms with Gasteiger partial charge in [0, 0.05) is 0 Å². The molecule has 24 heavy (non-hydrogen) atoms. The van der Waals surface area contributed by atoms with E-state index in [1.54, 1.807) is 6.92 Å². The summed E-state index contributed by atoms with van der Waals surface area (Å²) in [5.74, 6) is 0. The van der Waals surface area contributed by atoms with E-state index in [1.165, 1.54) is 32.1 Å². The van der Waals surface area contributed by atoms with Crippen LogP contribution < -0.4 is 0 Å². The first-order chi connectivity index (χ1) is 11.1. The molecule has 0 aromatic carbocycles. The Morgan fingerprint density at radius 2 is 1.50 bits per heavy atom. The first-order valence-electron chi connectivity index (χ1n) is 8.48. The molecule has 0 bridgehead atoms. The van der Waals surface area contributed by atoms with Crippen LogP contribution in [0.5, 0.6) is 0 Å². The number of rotatable bonds is 15. The Balaban J connectivity index is 4.21. The van der Waals surface area contributed by atoms with Crippen molar-refractivity contribution in [1.29, 1.82) is 0 Å². The van der Waals surface area contributed by atoms with E-state index in [9.17, 15) is 14.0 Å². The second kappa shape index (κ2) is 12.4. The lowest BCUT2D eigenvalue weighted by Crippen LogP contribution is -2.12. The highest BCUT2D eigenvalue weighted by Crippen LogP contribution is 2.58. The molecule has 0 fully saturated rings. The molecule has 2 atom stereocenters. The van der Waals surface area contributed by atoms with Crippen LogP contribution in [0, 0.1) is 0 Å². The Morgan fingerprint density at radius 3 is 1.96 bits per heavy atom. The summed E-state index contributed by atoms with van der Waals surface area (Å²) in [6, 6.07) is 0. The van der Waals surface area contributed by atoms with Crippen molar-refractivity contribution in [2.75, 3.05) is 0 Å². The topological polar surface area (TPSA) is 113 Å². The fraction of sp³-hybridized carbons (Fsp3) is 0.867. The van der Waals surface area contributed by atoms with Crippen molar-refractivity contribution in [3.8, 4) is 0 Å². The van der Waals surface area contributed by atoms with Crippen molar-refractivity contribution in [3.05, 3.63) is 12.2 Å². The van der Waals surface area contributed by atoms with E-state index in [0.717, 1.165) is 24.8 Å². The lowest BCUT2D eigenvalue weighted by atomic mass is 10.0. The predicted molar refractivity (Wildman–Crippen MR) is 94.5 cm³/mol. The van der Waals surface area contributed by atoms with Gasteiger partial charge in [0.1, 0.15) is 0 Å². The largest absolute Gasteiger partial charge is 0.481 e. The number of unbranched alkanes of at least 4 members (excludes halogenated alkanes) is 7. The number of hydrogen-bond donors (Lipinski definition) is 3. The first-order valence-corrected chi connectivity index (χ1v) is 11.5. The fourth-order valence-electron chi connectivity index (χ4n) is 2.43. The van der Waals surface area contributed by atoms with Gasteiger partial charge in [-0.15, -0.1) is 6.58 Å². The second-order valence-corrected chi connectivity index (χ2v) is 8.98. The Morgan fingerprint density at radius 1 is 1.00 bits per heavy atom. The smallest absolute Gasteiger partial charge is 0.302 e. The molecule has 144 valence electrons. The normalized spacial score (nSPS) is 15.9. The van der Waals surface area contributed by atoms with Gasteiger partial charge in [0.05, 0.1) is 6.10 Å². The molecule has 0 aliphatic carbocycles. The molecular weight excluding hydrogens is 354 g/mol. The fourth-order valence-corrected chi connectivity index (χ4v) is 4.21. The van der Waals surface area contributed by atoms with Crippen LogP contribution in [-0.2, 0) is 18.0 Å². The summed E-state index contributed by atoms with van der Waals surface area (Å²) >= 11 is 0. The maximum atomic E-state index is 11.6. The minimum Gasteiger partial charge on any atom is -0.302 e. The van der Waals surface area contributed by atoms with Gasteiger partial charge < -0.3 is 14.7 Å². The number of phosphoric acid groups is 2. The van der Waals surface area contributed by atoms with Crippen LogP contribution in [0.25, 0.3) is 0 Å². The van der Waals surface area contributed by atoms with E-state index in [1.807, 2.05) is 0 Å². The Hall–Kier alpha value is -0.0000000000000000416. The Kier molecular flexibility index (Phi) is 12.4. The maximum absolute atomic E-state index is 11.6. The molecule has 0 aromatic rings. The van der Waals surface area contributed by atoms with Gasteiger partial charge >= 0.3 is 15.6 Å². The molecule has 9 heteroatoms. The highest BCUT2D eigenvalue weighted by Gasteiger charge is 2.34. The first kappa shape index (κ1) is 24.0. The molecule has 0 aliphatic heterocycles. The zero-order valence-electron chi connectivity index (χ0n) is 14.7. The highest BCUT2D eigenvalue weighted by molar-refractivity contribution is 7.60. The third-order valence-corrected chi connectivity index (χ3v) is 5.69. The summed E-state index contributed by atoms with van der Waals surface area (Å²) in [7, 11) is -9.89. The molecule has 0 amide bonds. The van der Waals surface area contributed by atoms with Crippen LogP contribution in [0.1, 0.15) is 78.1 Å². The summed E-state index contributed by atoms with van der Waals surface area (Å²) in [5, 5.41) is 0.